The molecule has 0 radical (unpaired) electrons. The molecule has 1 heterocycles. The van der Waals surface area contributed by atoms with Crippen molar-refractivity contribution >= 4 is 45.8 Å². The predicted octanol–water partition coefficient (Wildman–Crippen LogP) is 5.50. The van der Waals surface area contributed by atoms with Crippen LogP contribution in [-0.4, -0.2) is 27.9 Å². The summed E-state index contributed by atoms with van der Waals surface area (Å²) in [5.74, 6) is -1.22. The monoisotopic (exact) mass is 469 g/mol. The van der Waals surface area contributed by atoms with Gasteiger partial charge in [0, 0.05) is 23.2 Å². The molecule has 1 N–H and O–H groups in total. The van der Waals surface area contributed by atoms with Crippen molar-refractivity contribution in [2.45, 2.75) is 46.1 Å². The lowest BCUT2D eigenvalue weighted by Gasteiger charge is -2.18. The van der Waals surface area contributed by atoms with Gasteiger partial charge in [-0.05, 0) is 37.5 Å². The molecule has 0 fully saturated rings. The third kappa shape index (κ3) is 5.28. The lowest BCUT2D eigenvalue weighted by Crippen LogP contribution is -2.30. The quantitative estimate of drug-likeness (QED) is 0.265. The summed E-state index contributed by atoms with van der Waals surface area (Å²) < 4.78 is 5.53. The number of nitro benzene ring substituents is 1. The van der Waals surface area contributed by atoms with Crippen molar-refractivity contribution in [1.82, 2.24) is 4.98 Å². The van der Waals surface area contributed by atoms with Crippen LogP contribution >= 0.6 is 11.6 Å². The van der Waals surface area contributed by atoms with Crippen LogP contribution in [0.2, 0.25) is 5.02 Å². The van der Waals surface area contributed by atoms with Crippen molar-refractivity contribution in [3.05, 3.63) is 74.4 Å². The number of hydrogen-bond donors (Lipinski definition) is 1. The number of amides is 1. The topological polar surface area (TPSA) is 111 Å². The minimum absolute atomic E-state index is 0.00804. The maximum Gasteiger partial charge on any atom is 0.339 e. The molecule has 0 aliphatic carbocycles. The van der Waals surface area contributed by atoms with Crippen molar-refractivity contribution in [2.75, 3.05) is 5.32 Å². The average Bonchev–Trinajstić information content (AvgIpc) is 2.79. The number of anilines is 1. The van der Waals surface area contributed by atoms with E-state index in [4.69, 9.17) is 21.3 Å². The number of non-ortho nitro benzene ring substituents is 1. The largest absolute Gasteiger partial charge is 0.449 e. The number of hydrogen-bond acceptors (Lipinski definition) is 6. The van der Waals surface area contributed by atoms with Gasteiger partial charge in [-0.15, -0.1) is 0 Å². The molecule has 2 aromatic carbocycles. The van der Waals surface area contributed by atoms with E-state index in [-0.39, 0.29) is 16.4 Å². The zero-order valence-electron chi connectivity index (χ0n) is 18.6. The van der Waals surface area contributed by atoms with Crippen LogP contribution in [0.5, 0.6) is 0 Å². The van der Waals surface area contributed by atoms with Gasteiger partial charge >= 0.3 is 5.97 Å². The summed E-state index contributed by atoms with van der Waals surface area (Å²) in [6.45, 7) is 5.45. The van der Waals surface area contributed by atoms with Crippen LogP contribution in [0.15, 0.2) is 42.5 Å². The number of halogens is 1. The third-order valence-corrected chi connectivity index (χ3v) is 5.51. The molecule has 9 heteroatoms. The van der Waals surface area contributed by atoms with Crippen molar-refractivity contribution < 1.29 is 19.2 Å². The SMILES string of the molecule is CCCc1nc2ccccc2c(C(=O)OC(C)C(=O)Nc2ccc([N+](=O)[O-])cc2Cl)c1CC. The number of ether oxygens (including phenoxy) is 1. The average molecular weight is 470 g/mol. The van der Waals surface area contributed by atoms with E-state index in [0.29, 0.717) is 22.9 Å². The van der Waals surface area contributed by atoms with Gasteiger partial charge in [-0.2, -0.15) is 0 Å². The molecule has 3 rings (SSSR count). The summed E-state index contributed by atoms with van der Waals surface area (Å²) in [7, 11) is 0. The van der Waals surface area contributed by atoms with Crippen LogP contribution in [0.3, 0.4) is 0 Å². The first-order valence-corrected chi connectivity index (χ1v) is 11.0. The van der Waals surface area contributed by atoms with Gasteiger partial charge in [0.05, 0.1) is 26.7 Å². The number of aryl methyl sites for hydroxylation is 1. The van der Waals surface area contributed by atoms with E-state index in [1.165, 1.54) is 19.1 Å². The Morgan fingerprint density at radius 3 is 2.58 bits per heavy atom. The van der Waals surface area contributed by atoms with Crippen LogP contribution in [0.25, 0.3) is 10.9 Å². The highest BCUT2D eigenvalue weighted by Gasteiger charge is 2.25. The molecule has 33 heavy (non-hydrogen) atoms. The minimum Gasteiger partial charge on any atom is -0.449 e. The highest BCUT2D eigenvalue weighted by Crippen LogP contribution is 2.28. The number of benzene rings is 2. The highest BCUT2D eigenvalue weighted by molar-refractivity contribution is 6.34. The Morgan fingerprint density at radius 2 is 1.94 bits per heavy atom. The molecule has 0 bridgehead atoms. The number of carbonyl (C=O) groups excluding carboxylic acids is 2. The maximum absolute atomic E-state index is 13.2. The number of carbonyl (C=O) groups is 2. The Kier molecular flexibility index (Phi) is 7.60. The Labute approximate surface area is 196 Å². The molecule has 1 aromatic heterocycles. The van der Waals surface area contributed by atoms with Crippen LogP contribution in [0.4, 0.5) is 11.4 Å². The molecule has 0 aliphatic rings. The molecule has 0 saturated heterocycles. The molecular formula is C24H24ClN3O5. The molecule has 1 amide bonds. The second-order valence-corrected chi connectivity index (χ2v) is 7.90. The van der Waals surface area contributed by atoms with E-state index >= 15 is 0 Å². The third-order valence-electron chi connectivity index (χ3n) is 5.20. The van der Waals surface area contributed by atoms with E-state index in [2.05, 4.69) is 5.32 Å². The first-order chi connectivity index (χ1) is 15.8. The predicted molar refractivity (Wildman–Crippen MR) is 127 cm³/mol. The number of nitrogens with one attached hydrogen (secondary N) is 1. The fraction of sp³-hybridized carbons (Fsp3) is 0.292. The molecule has 1 unspecified atom stereocenters. The van der Waals surface area contributed by atoms with Crippen molar-refractivity contribution in [2.24, 2.45) is 0 Å². The fourth-order valence-corrected chi connectivity index (χ4v) is 3.81. The van der Waals surface area contributed by atoms with Crippen molar-refractivity contribution in [1.29, 1.82) is 0 Å². The summed E-state index contributed by atoms with van der Waals surface area (Å²) in [6, 6.07) is 11.0. The molecule has 172 valence electrons. The van der Waals surface area contributed by atoms with Gasteiger partial charge in [-0.1, -0.05) is 50.1 Å². The summed E-state index contributed by atoms with van der Waals surface area (Å²) in [5.41, 5.74) is 2.76. The molecule has 1 atom stereocenters. The van der Waals surface area contributed by atoms with E-state index < -0.39 is 22.9 Å². The number of pyridine rings is 1. The van der Waals surface area contributed by atoms with E-state index in [0.717, 1.165) is 30.2 Å². The molecule has 0 saturated carbocycles. The van der Waals surface area contributed by atoms with Gasteiger partial charge in [0.2, 0.25) is 0 Å². The van der Waals surface area contributed by atoms with Gasteiger partial charge in [0.25, 0.3) is 11.6 Å². The molecule has 0 aliphatic heterocycles. The van der Waals surface area contributed by atoms with Gasteiger partial charge in [-0.25, -0.2) is 4.79 Å². The van der Waals surface area contributed by atoms with Crippen molar-refractivity contribution in [3.8, 4) is 0 Å². The van der Waals surface area contributed by atoms with Crippen LogP contribution < -0.4 is 5.32 Å². The number of nitrogens with zero attached hydrogens (tertiary/aromatic N) is 2. The zero-order valence-corrected chi connectivity index (χ0v) is 19.3. The first kappa shape index (κ1) is 24.1. The zero-order chi connectivity index (χ0) is 24.1. The summed E-state index contributed by atoms with van der Waals surface area (Å²) in [5, 5.41) is 14.1. The van der Waals surface area contributed by atoms with Crippen molar-refractivity contribution in [3.63, 3.8) is 0 Å². The van der Waals surface area contributed by atoms with Gasteiger partial charge in [-0.3, -0.25) is 19.9 Å². The standard InChI is InChI=1S/C24H24ClN3O5/c1-4-8-19-16(5-2)22(17-9-6-7-10-20(17)26-19)24(30)33-14(3)23(29)27-21-12-11-15(28(31)32)13-18(21)25/h6-7,9-14H,4-5,8H2,1-3H3,(H,27,29). The number of para-hydroxylation sites is 1. The first-order valence-electron chi connectivity index (χ1n) is 10.6. The van der Waals surface area contributed by atoms with E-state index in [1.807, 2.05) is 38.1 Å². The lowest BCUT2D eigenvalue weighted by molar-refractivity contribution is -0.384. The maximum atomic E-state index is 13.2. The fourth-order valence-electron chi connectivity index (χ4n) is 3.59. The normalized spacial score (nSPS) is 11.8. The van der Waals surface area contributed by atoms with Crippen LogP contribution in [0, 0.1) is 10.1 Å². The van der Waals surface area contributed by atoms with Gasteiger partial charge < -0.3 is 10.1 Å². The summed E-state index contributed by atoms with van der Waals surface area (Å²) >= 11 is 6.04. The van der Waals surface area contributed by atoms with E-state index in [1.54, 1.807) is 0 Å². The Hall–Kier alpha value is -3.52. The van der Waals surface area contributed by atoms with Gasteiger partial charge in [0.15, 0.2) is 6.10 Å². The van der Waals surface area contributed by atoms with Crippen LogP contribution in [0.1, 0.15) is 48.8 Å². The minimum atomic E-state index is -1.13. The number of esters is 1. The van der Waals surface area contributed by atoms with Gasteiger partial charge in [0.1, 0.15) is 0 Å². The smallest absolute Gasteiger partial charge is 0.339 e. The molecule has 3 aromatic rings. The number of nitro groups is 1. The molecule has 8 nitrogen and oxygen atoms in total. The Bertz CT molecular complexity index is 1230. The second kappa shape index (κ2) is 10.4. The highest BCUT2D eigenvalue weighted by atomic mass is 35.5. The summed E-state index contributed by atoms with van der Waals surface area (Å²) in [4.78, 5) is 40.9. The molecular weight excluding hydrogens is 446 g/mol. The molecule has 0 spiro atoms. The second-order valence-electron chi connectivity index (χ2n) is 7.49. The van der Waals surface area contributed by atoms with Crippen LogP contribution in [-0.2, 0) is 22.4 Å². The lowest BCUT2D eigenvalue weighted by atomic mass is 9.96. The number of rotatable bonds is 8. The Morgan fingerprint density at radius 1 is 1.21 bits per heavy atom. The number of aromatic nitrogens is 1. The summed E-state index contributed by atoms with van der Waals surface area (Å²) in [6.07, 6.45) is 1.07. The van der Waals surface area contributed by atoms with E-state index in [9.17, 15) is 19.7 Å². The number of fused-ring (bicyclic) bond motifs is 1. The Balaban J connectivity index is 1.86.